The minimum absolute atomic E-state index is 0.0790. The Morgan fingerprint density at radius 1 is 1.00 bits per heavy atom. The van der Waals surface area contributed by atoms with Crippen molar-refractivity contribution in [3.05, 3.63) is 91.7 Å². The predicted octanol–water partition coefficient (Wildman–Crippen LogP) is 7.59. The fourth-order valence-corrected chi connectivity index (χ4v) is 6.27. The van der Waals surface area contributed by atoms with Gasteiger partial charge in [0.05, 0.1) is 22.1 Å². The summed E-state index contributed by atoms with van der Waals surface area (Å²) in [6.07, 6.45) is 0. The van der Waals surface area contributed by atoms with Crippen LogP contribution in [0.4, 0.5) is 17.1 Å². The second-order valence-electron chi connectivity index (χ2n) is 7.36. The third kappa shape index (κ3) is 3.99. The van der Waals surface area contributed by atoms with Gasteiger partial charge in [-0.05, 0) is 78.8 Å². The summed E-state index contributed by atoms with van der Waals surface area (Å²) in [6, 6.07) is 21.4. The highest BCUT2D eigenvalue weighted by Crippen LogP contribution is 2.51. The summed E-state index contributed by atoms with van der Waals surface area (Å²) >= 11 is 12.7. The van der Waals surface area contributed by atoms with Crippen LogP contribution in [0, 0.1) is 6.92 Å². The van der Waals surface area contributed by atoms with Gasteiger partial charge in [0.1, 0.15) is 4.91 Å². The van der Waals surface area contributed by atoms with Gasteiger partial charge in [-0.25, -0.2) is 4.99 Å². The van der Waals surface area contributed by atoms with Gasteiger partial charge in [-0.2, -0.15) is 0 Å². The van der Waals surface area contributed by atoms with Crippen molar-refractivity contribution >= 4 is 79.2 Å². The van der Waals surface area contributed by atoms with E-state index in [0.29, 0.717) is 15.1 Å². The molecule has 0 aromatic heterocycles. The number of fused-ring (bicyclic) bond motifs is 1. The fraction of sp³-hybridized carbons (Fsp3) is 0.0833. The van der Waals surface area contributed by atoms with E-state index < -0.39 is 0 Å². The first kappa shape index (κ1) is 21.6. The summed E-state index contributed by atoms with van der Waals surface area (Å²) in [5, 5.41) is 2.19. The molecule has 0 bridgehead atoms. The van der Waals surface area contributed by atoms with Crippen molar-refractivity contribution in [2.75, 3.05) is 16.8 Å². The van der Waals surface area contributed by atoms with Crippen LogP contribution in [0.5, 0.6) is 0 Å². The number of thioether (sulfide) groups is 2. The molecule has 160 valence electrons. The van der Waals surface area contributed by atoms with Crippen LogP contribution in [0.1, 0.15) is 5.56 Å². The highest BCUT2D eigenvalue weighted by molar-refractivity contribution is 9.10. The van der Waals surface area contributed by atoms with Gasteiger partial charge in [-0.3, -0.25) is 9.69 Å². The Morgan fingerprint density at radius 3 is 2.53 bits per heavy atom. The number of aliphatic imine (C=N–C) groups is 1. The van der Waals surface area contributed by atoms with Crippen LogP contribution in [0.15, 0.2) is 91.0 Å². The van der Waals surface area contributed by atoms with E-state index in [1.165, 1.54) is 11.8 Å². The predicted molar refractivity (Wildman–Crippen MR) is 140 cm³/mol. The molecule has 1 fully saturated rings. The van der Waals surface area contributed by atoms with E-state index in [4.69, 9.17) is 16.6 Å². The van der Waals surface area contributed by atoms with Gasteiger partial charge in [-0.15, -0.1) is 0 Å². The maximum absolute atomic E-state index is 13.7. The standard InChI is InChI=1S/C24H17BrClN3OS2/c1-14-4-3-5-18(12-14)29-22(30)21(32-24(29)27-17-9-6-15(25)7-10-17)23-28(2)19-13-16(26)8-11-20(19)31-23/h3-13H,1-2H3. The van der Waals surface area contributed by atoms with Gasteiger partial charge in [0, 0.05) is 21.4 Å². The first-order chi connectivity index (χ1) is 15.4. The van der Waals surface area contributed by atoms with E-state index in [0.717, 1.165) is 37.0 Å². The lowest BCUT2D eigenvalue weighted by atomic mass is 10.2. The molecule has 2 heterocycles. The molecule has 0 atom stereocenters. The number of amides is 1. The SMILES string of the molecule is Cc1cccc(N2C(=O)C(=C3Sc4ccc(Cl)cc4N3C)SC2=Nc2ccc(Br)cc2)c1. The Bertz CT molecular complexity index is 1310. The first-order valence-corrected chi connectivity index (χ1v) is 12.6. The first-order valence-electron chi connectivity index (χ1n) is 9.79. The summed E-state index contributed by atoms with van der Waals surface area (Å²) in [6.45, 7) is 2.02. The summed E-state index contributed by atoms with van der Waals surface area (Å²) in [4.78, 5) is 24.0. The molecular formula is C24H17BrClN3OS2. The van der Waals surface area contributed by atoms with Crippen LogP contribution >= 0.6 is 51.1 Å². The highest BCUT2D eigenvalue weighted by Gasteiger charge is 2.40. The molecule has 0 radical (unpaired) electrons. The molecule has 32 heavy (non-hydrogen) atoms. The monoisotopic (exact) mass is 541 g/mol. The Labute approximate surface area is 208 Å². The molecule has 0 unspecified atom stereocenters. The second-order valence-corrected chi connectivity index (χ2v) is 10.7. The van der Waals surface area contributed by atoms with Crippen molar-refractivity contribution in [1.82, 2.24) is 0 Å². The Morgan fingerprint density at radius 2 is 1.78 bits per heavy atom. The van der Waals surface area contributed by atoms with Crippen molar-refractivity contribution in [1.29, 1.82) is 0 Å². The molecule has 2 aliphatic rings. The zero-order chi connectivity index (χ0) is 22.4. The summed E-state index contributed by atoms with van der Waals surface area (Å²) in [7, 11) is 1.96. The third-order valence-corrected chi connectivity index (χ3v) is 8.24. The average molecular weight is 543 g/mol. The molecule has 3 aromatic rings. The van der Waals surface area contributed by atoms with Crippen molar-refractivity contribution < 1.29 is 4.79 Å². The number of benzene rings is 3. The number of hydrogen-bond acceptors (Lipinski definition) is 5. The number of aryl methyl sites for hydroxylation is 1. The van der Waals surface area contributed by atoms with Crippen LogP contribution in [-0.2, 0) is 4.79 Å². The van der Waals surface area contributed by atoms with Crippen molar-refractivity contribution in [2.45, 2.75) is 11.8 Å². The van der Waals surface area contributed by atoms with Crippen LogP contribution in [0.3, 0.4) is 0 Å². The smallest absolute Gasteiger partial charge is 0.274 e. The lowest BCUT2D eigenvalue weighted by Gasteiger charge is -2.17. The molecule has 2 aliphatic heterocycles. The molecule has 0 aliphatic carbocycles. The van der Waals surface area contributed by atoms with E-state index in [-0.39, 0.29) is 5.91 Å². The topological polar surface area (TPSA) is 35.9 Å². The van der Waals surface area contributed by atoms with Crippen LogP contribution < -0.4 is 9.80 Å². The molecule has 0 spiro atoms. The van der Waals surface area contributed by atoms with E-state index >= 15 is 0 Å². The molecule has 1 saturated heterocycles. The van der Waals surface area contributed by atoms with Crippen molar-refractivity contribution in [2.24, 2.45) is 4.99 Å². The molecule has 3 aromatic carbocycles. The maximum Gasteiger partial charge on any atom is 0.274 e. The van der Waals surface area contributed by atoms with Crippen molar-refractivity contribution in [3.8, 4) is 0 Å². The molecule has 5 rings (SSSR count). The number of nitrogens with zero attached hydrogens (tertiary/aromatic N) is 3. The van der Waals surface area contributed by atoms with E-state index in [2.05, 4.69) is 15.9 Å². The molecule has 0 N–H and O–H groups in total. The second kappa shape index (κ2) is 8.63. The Hall–Kier alpha value is -2.19. The molecule has 4 nitrogen and oxygen atoms in total. The Kier molecular flexibility index (Phi) is 5.84. The average Bonchev–Trinajstić information content (AvgIpc) is 3.26. The number of halogens is 2. The van der Waals surface area contributed by atoms with Crippen LogP contribution in [0.25, 0.3) is 0 Å². The molecule has 0 saturated carbocycles. The van der Waals surface area contributed by atoms with Gasteiger partial charge in [0.15, 0.2) is 5.17 Å². The lowest BCUT2D eigenvalue weighted by Crippen LogP contribution is -2.29. The largest absolute Gasteiger partial charge is 0.337 e. The minimum Gasteiger partial charge on any atom is -0.337 e. The van der Waals surface area contributed by atoms with Gasteiger partial charge in [0.25, 0.3) is 5.91 Å². The van der Waals surface area contributed by atoms with Crippen LogP contribution in [0.2, 0.25) is 5.02 Å². The van der Waals surface area contributed by atoms with E-state index in [1.807, 2.05) is 85.6 Å². The van der Waals surface area contributed by atoms with Gasteiger partial charge in [0.2, 0.25) is 0 Å². The van der Waals surface area contributed by atoms with Crippen LogP contribution in [-0.4, -0.2) is 18.1 Å². The number of carbonyl (C=O) groups is 1. The molecule has 8 heteroatoms. The van der Waals surface area contributed by atoms with Gasteiger partial charge < -0.3 is 4.90 Å². The molecule has 1 amide bonds. The number of hydrogen-bond donors (Lipinski definition) is 0. The normalized spacial score (nSPS) is 19.2. The third-order valence-electron chi connectivity index (χ3n) is 5.08. The van der Waals surface area contributed by atoms with E-state index in [9.17, 15) is 4.79 Å². The zero-order valence-corrected chi connectivity index (χ0v) is 21.1. The summed E-state index contributed by atoms with van der Waals surface area (Å²) < 4.78 is 0.982. The molecular weight excluding hydrogens is 526 g/mol. The summed E-state index contributed by atoms with van der Waals surface area (Å²) in [5.74, 6) is -0.0790. The number of anilines is 2. The number of rotatable bonds is 2. The number of amidine groups is 1. The summed E-state index contributed by atoms with van der Waals surface area (Å²) in [5.41, 5.74) is 3.67. The lowest BCUT2D eigenvalue weighted by molar-refractivity contribution is -0.113. The van der Waals surface area contributed by atoms with Gasteiger partial charge >= 0.3 is 0 Å². The minimum atomic E-state index is -0.0790. The van der Waals surface area contributed by atoms with Gasteiger partial charge in [-0.1, -0.05) is 51.4 Å². The number of carbonyl (C=O) groups excluding carboxylic acids is 1. The quantitative estimate of drug-likeness (QED) is 0.313. The highest BCUT2D eigenvalue weighted by atomic mass is 79.9. The fourth-order valence-electron chi connectivity index (χ4n) is 3.52. The maximum atomic E-state index is 13.7. The van der Waals surface area contributed by atoms with E-state index in [1.54, 1.807) is 16.7 Å². The van der Waals surface area contributed by atoms with Crippen molar-refractivity contribution in [3.63, 3.8) is 0 Å². The zero-order valence-electron chi connectivity index (χ0n) is 17.2. The Balaban J connectivity index is 1.61.